The van der Waals surface area contributed by atoms with Crippen LogP contribution in [0.15, 0.2) is 24.3 Å². The molecule has 104 valence electrons. The van der Waals surface area contributed by atoms with Crippen LogP contribution in [-0.2, 0) is 14.6 Å². The minimum Gasteiger partial charge on any atom is -0.484 e. The minimum absolute atomic E-state index is 0.0310. The van der Waals surface area contributed by atoms with Crippen molar-refractivity contribution in [3.63, 3.8) is 0 Å². The maximum Gasteiger partial charge on any atom is 0.258 e. The van der Waals surface area contributed by atoms with Crippen molar-refractivity contribution in [2.75, 3.05) is 18.1 Å². The first-order valence-electron chi connectivity index (χ1n) is 6.14. The SMILES string of the molecule is Cc1ccc(OCC(=O)N[C@@H]2CCS(=O)(=O)C2)cc1. The first-order valence-corrected chi connectivity index (χ1v) is 7.96. The number of hydrogen-bond acceptors (Lipinski definition) is 4. The zero-order valence-electron chi connectivity index (χ0n) is 10.8. The summed E-state index contributed by atoms with van der Waals surface area (Å²) in [6, 6.07) is 7.11. The molecule has 1 aromatic rings. The number of sulfone groups is 1. The molecule has 19 heavy (non-hydrogen) atoms. The lowest BCUT2D eigenvalue weighted by atomic mass is 10.2. The van der Waals surface area contributed by atoms with Crippen LogP contribution in [0.4, 0.5) is 0 Å². The van der Waals surface area contributed by atoms with Crippen molar-refractivity contribution in [3.8, 4) is 5.75 Å². The van der Waals surface area contributed by atoms with Crippen LogP contribution in [0.2, 0.25) is 0 Å². The lowest BCUT2D eigenvalue weighted by Gasteiger charge is -2.11. The summed E-state index contributed by atoms with van der Waals surface area (Å²) >= 11 is 0. The summed E-state index contributed by atoms with van der Waals surface area (Å²) in [6.45, 7) is 1.87. The van der Waals surface area contributed by atoms with Gasteiger partial charge in [-0.15, -0.1) is 0 Å². The van der Waals surface area contributed by atoms with Crippen LogP contribution in [0.3, 0.4) is 0 Å². The van der Waals surface area contributed by atoms with Crippen molar-refractivity contribution < 1.29 is 17.9 Å². The van der Waals surface area contributed by atoms with Gasteiger partial charge in [-0.25, -0.2) is 8.42 Å². The molecular formula is C13H17NO4S. The Bertz CT molecular complexity index is 551. The van der Waals surface area contributed by atoms with Crippen LogP contribution in [-0.4, -0.2) is 38.5 Å². The van der Waals surface area contributed by atoms with E-state index in [0.29, 0.717) is 12.2 Å². The third-order valence-electron chi connectivity index (χ3n) is 2.99. The molecule has 1 fully saturated rings. The fourth-order valence-corrected chi connectivity index (χ4v) is 3.63. The van der Waals surface area contributed by atoms with Crippen molar-refractivity contribution in [1.29, 1.82) is 0 Å². The molecule has 1 aliphatic heterocycles. The number of benzene rings is 1. The fraction of sp³-hybridized carbons (Fsp3) is 0.462. The van der Waals surface area contributed by atoms with Crippen molar-refractivity contribution in [2.45, 2.75) is 19.4 Å². The van der Waals surface area contributed by atoms with Gasteiger partial charge in [-0.3, -0.25) is 4.79 Å². The third-order valence-corrected chi connectivity index (χ3v) is 4.76. The van der Waals surface area contributed by atoms with Gasteiger partial charge in [0.25, 0.3) is 5.91 Å². The second-order valence-corrected chi connectivity index (χ2v) is 7.00. The summed E-state index contributed by atoms with van der Waals surface area (Å²) in [5, 5.41) is 2.67. The van der Waals surface area contributed by atoms with E-state index < -0.39 is 9.84 Å². The van der Waals surface area contributed by atoms with Gasteiger partial charge in [0.1, 0.15) is 5.75 Å². The third kappa shape index (κ3) is 4.24. The highest BCUT2D eigenvalue weighted by Crippen LogP contribution is 2.12. The van der Waals surface area contributed by atoms with Gasteiger partial charge in [0.15, 0.2) is 16.4 Å². The number of ether oxygens (including phenoxy) is 1. The summed E-state index contributed by atoms with van der Waals surface area (Å²) in [6.07, 6.45) is 0.485. The number of hydrogen-bond donors (Lipinski definition) is 1. The van der Waals surface area contributed by atoms with E-state index in [2.05, 4.69) is 5.32 Å². The number of aryl methyl sites for hydroxylation is 1. The molecule has 1 heterocycles. The minimum atomic E-state index is -2.97. The van der Waals surface area contributed by atoms with E-state index in [9.17, 15) is 13.2 Å². The van der Waals surface area contributed by atoms with Crippen molar-refractivity contribution in [3.05, 3.63) is 29.8 Å². The molecular weight excluding hydrogens is 266 g/mol. The zero-order valence-corrected chi connectivity index (χ0v) is 11.6. The van der Waals surface area contributed by atoms with Crippen LogP contribution < -0.4 is 10.1 Å². The number of amides is 1. The fourth-order valence-electron chi connectivity index (χ4n) is 1.96. The Balaban J connectivity index is 1.77. The summed E-state index contributed by atoms with van der Waals surface area (Å²) in [5.74, 6) is 0.516. The van der Waals surface area contributed by atoms with Gasteiger partial charge in [-0.2, -0.15) is 0 Å². The molecule has 1 atom stereocenters. The first-order chi connectivity index (χ1) is 8.94. The molecule has 6 heteroatoms. The van der Waals surface area contributed by atoms with E-state index in [1.807, 2.05) is 19.1 Å². The Kier molecular flexibility index (Phi) is 4.09. The molecule has 0 aromatic heterocycles. The number of carbonyl (C=O) groups is 1. The second kappa shape index (κ2) is 5.61. The molecule has 0 saturated carbocycles. The molecule has 1 aromatic carbocycles. The van der Waals surface area contributed by atoms with E-state index in [4.69, 9.17) is 4.74 Å². The number of nitrogens with one attached hydrogen (secondary N) is 1. The molecule has 0 unspecified atom stereocenters. The van der Waals surface area contributed by atoms with Crippen LogP contribution in [0, 0.1) is 6.92 Å². The van der Waals surface area contributed by atoms with Gasteiger partial charge in [-0.1, -0.05) is 17.7 Å². The summed E-state index contributed by atoms with van der Waals surface area (Å²) in [5.41, 5.74) is 1.12. The Morgan fingerprint density at radius 3 is 2.63 bits per heavy atom. The summed E-state index contributed by atoms with van der Waals surface area (Å²) in [7, 11) is -2.97. The van der Waals surface area contributed by atoms with Crippen LogP contribution in [0.25, 0.3) is 0 Å². The highest BCUT2D eigenvalue weighted by molar-refractivity contribution is 7.91. The Morgan fingerprint density at radius 1 is 1.37 bits per heavy atom. The molecule has 0 radical (unpaired) electrons. The number of carbonyl (C=O) groups excluding carboxylic acids is 1. The van der Waals surface area contributed by atoms with Gasteiger partial charge >= 0.3 is 0 Å². The number of rotatable bonds is 4. The maximum atomic E-state index is 11.6. The molecule has 1 amide bonds. The zero-order chi connectivity index (χ0) is 13.9. The molecule has 1 aliphatic rings. The monoisotopic (exact) mass is 283 g/mol. The van der Waals surface area contributed by atoms with E-state index in [1.54, 1.807) is 12.1 Å². The Morgan fingerprint density at radius 2 is 2.05 bits per heavy atom. The van der Waals surface area contributed by atoms with E-state index in [0.717, 1.165) is 5.56 Å². The predicted octanol–water partition coefficient (Wildman–Crippen LogP) is 0.677. The van der Waals surface area contributed by atoms with Gasteiger partial charge < -0.3 is 10.1 Å². The lowest BCUT2D eigenvalue weighted by molar-refractivity contribution is -0.123. The van der Waals surface area contributed by atoms with Gasteiger partial charge in [0, 0.05) is 6.04 Å². The van der Waals surface area contributed by atoms with E-state index >= 15 is 0 Å². The molecule has 0 bridgehead atoms. The normalized spacial score (nSPS) is 21.0. The Labute approximate surface area is 112 Å². The quantitative estimate of drug-likeness (QED) is 0.882. The van der Waals surface area contributed by atoms with Gasteiger partial charge in [-0.05, 0) is 25.5 Å². The summed E-state index contributed by atoms with van der Waals surface area (Å²) in [4.78, 5) is 11.6. The molecule has 0 aliphatic carbocycles. The molecule has 1 saturated heterocycles. The highest BCUT2D eigenvalue weighted by Gasteiger charge is 2.28. The lowest BCUT2D eigenvalue weighted by Crippen LogP contribution is -2.38. The largest absolute Gasteiger partial charge is 0.484 e. The van der Waals surface area contributed by atoms with Crippen LogP contribution in [0.1, 0.15) is 12.0 Å². The molecule has 0 spiro atoms. The molecule has 2 rings (SSSR count). The van der Waals surface area contributed by atoms with Gasteiger partial charge in [0.2, 0.25) is 0 Å². The average molecular weight is 283 g/mol. The standard InChI is InChI=1S/C13H17NO4S/c1-10-2-4-12(5-3-10)18-8-13(15)14-11-6-7-19(16,17)9-11/h2-5,11H,6-9H2,1H3,(H,14,15)/t11-/m1/s1. The van der Waals surface area contributed by atoms with Gasteiger partial charge in [0.05, 0.1) is 11.5 Å². The predicted molar refractivity (Wildman–Crippen MR) is 71.9 cm³/mol. The van der Waals surface area contributed by atoms with Crippen LogP contribution in [0.5, 0.6) is 5.75 Å². The van der Waals surface area contributed by atoms with E-state index in [-0.39, 0.29) is 30.1 Å². The topological polar surface area (TPSA) is 72.5 Å². The van der Waals surface area contributed by atoms with Crippen LogP contribution >= 0.6 is 0 Å². The maximum absolute atomic E-state index is 11.6. The second-order valence-electron chi connectivity index (χ2n) is 4.77. The highest BCUT2D eigenvalue weighted by atomic mass is 32.2. The summed E-state index contributed by atoms with van der Waals surface area (Å²) < 4.78 is 27.8. The molecule has 1 N–H and O–H groups in total. The van der Waals surface area contributed by atoms with E-state index in [1.165, 1.54) is 0 Å². The molecule has 5 nitrogen and oxygen atoms in total. The Hall–Kier alpha value is -1.56. The van der Waals surface area contributed by atoms with Crippen molar-refractivity contribution in [2.24, 2.45) is 0 Å². The van der Waals surface area contributed by atoms with Crippen molar-refractivity contribution >= 4 is 15.7 Å². The smallest absolute Gasteiger partial charge is 0.258 e. The average Bonchev–Trinajstić information content (AvgIpc) is 2.68. The first kappa shape index (κ1) is 13.9. The van der Waals surface area contributed by atoms with Crippen molar-refractivity contribution in [1.82, 2.24) is 5.32 Å².